The van der Waals surface area contributed by atoms with Crippen molar-refractivity contribution < 1.29 is 22.0 Å². The van der Waals surface area contributed by atoms with Gasteiger partial charge in [0.05, 0.1) is 0 Å². The Morgan fingerprint density at radius 1 is 1.03 bits per heavy atom. The first kappa shape index (κ1) is 22.5. The number of pyridine rings is 1. The Bertz CT molecular complexity index is 1540. The fourth-order valence-electron chi connectivity index (χ4n) is 3.83. The van der Waals surface area contributed by atoms with Crippen LogP contribution in [0.15, 0.2) is 59.3 Å². The zero-order valence-corrected chi connectivity index (χ0v) is 18.6. The number of para-hydroxylation sites is 1. The SMILES string of the molecule is CCNc1cc(-c2ccc(F)cc2-c2nncn2C)cc(-c2nc3cccc(C(F)(F)F)c3o2)n1. The van der Waals surface area contributed by atoms with E-state index in [1.165, 1.54) is 30.6 Å². The zero-order valence-electron chi connectivity index (χ0n) is 18.6. The summed E-state index contributed by atoms with van der Waals surface area (Å²) in [6.45, 7) is 2.42. The Hall–Kier alpha value is -4.28. The first-order chi connectivity index (χ1) is 16.7. The van der Waals surface area contributed by atoms with Gasteiger partial charge in [0, 0.05) is 19.2 Å². The molecule has 0 saturated heterocycles. The van der Waals surface area contributed by atoms with Gasteiger partial charge < -0.3 is 14.3 Å². The van der Waals surface area contributed by atoms with Crippen molar-refractivity contribution in [3.8, 4) is 34.1 Å². The molecule has 3 heterocycles. The number of nitrogens with zero attached hydrogens (tertiary/aromatic N) is 5. The summed E-state index contributed by atoms with van der Waals surface area (Å²) in [6.07, 6.45) is -3.09. The minimum Gasteiger partial charge on any atom is -0.434 e. The summed E-state index contributed by atoms with van der Waals surface area (Å²) in [5, 5.41) is 11.1. The van der Waals surface area contributed by atoms with E-state index >= 15 is 0 Å². The average Bonchev–Trinajstić information content (AvgIpc) is 3.44. The van der Waals surface area contributed by atoms with Crippen molar-refractivity contribution in [1.29, 1.82) is 0 Å². The van der Waals surface area contributed by atoms with Gasteiger partial charge in [0.15, 0.2) is 11.4 Å². The standard InChI is InChI=1S/C24H18F4N6O/c1-3-29-20-10-13(15-8-7-14(25)11-16(15)22-33-30-12-34(22)2)9-19(31-20)23-32-18-6-4-5-17(21(18)35-23)24(26,27)28/h4-12H,3H2,1-2H3,(H,29,31). The smallest absolute Gasteiger partial charge is 0.420 e. The summed E-state index contributed by atoms with van der Waals surface area (Å²) in [5.74, 6) is 0.373. The molecule has 0 saturated carbocycles. The molecule has 11 heteroatoms. The lowest BCUT2D eigenvalue weighted by Gasteiger charge is -2.12. The summed E-state index contributed by atoms with van der Waals surface area (Å²) in [6, 6.07) is 11.3. The Balaban J connectivity index is 1.71. The molecule has 35 heavy (non-hydrogen) atoms. The van der Waals surface area contributed by atoms with E-state index in [0.717, 1.165) is 6.07 Å². The van der Waals surface area contributed by atoms with Crippen LogP contribution in [-0.4, -0.2) is 31.3 Å². The number of halogens is 4. The van der Waals surface area contributed by atoms with Gasteiger partial charge in [-0.3, -0.25) is 0 Å². The van der Waals surface area contributed by atoms with Crippen LogP contribution in [0.3, 0.4) is 0 Å². The maximum absolute atomic E-state index is 14.2. The number of aryl methyl sites for hydroxylation is 1. The van der Waals surface area contributed by atoms with E-state index in [4.69, 9.17) is 4.42 Å². The van der Waals surface area contributed by atoms with Crippen molar-refractivity contribution in [3.05, 3.63) is 66.2 Å². The molecule has 0 bridgehead atoms. The van der Waals surface area contributed by atoms with E-state index in [1.54, 1.807) is 29.8 Å². The fraction of sp³-hybridized carbons (Fsp3) is 0.167. The van der Waals surface area contributed by atoms with Gasteiger partial charge in [0.25, 0.3) is 0 Å². The highest BCUT2D eigenvalue weighted by molar-refractivity contribution is 5.84. The molecule has 5 rings (SSSR count). The van der Waals surface area contributed by atoms with Gasteiger partial charge in [-0.25, -0.2) is 14.4 Å². The first-order valence-corrected chi connectivity index (χ1v) is 10.6. The molecule has 2 aromatic carbocycles. The lowest BCUT2D eigenvalue weighted by atomic mass is 9.98. The van der Waals surface area contributed by atoms with Crippen LogP contribution < -0.4 is 5.32 Å². The van der Waals surface area contributed by atoms with Crippen LogP contribution in [0.25, 0.3) is 45.2 Å². The summed E-state index contributed by atoms with van der Waals surface area (Å²) < 4.78 is 61.8. The lowest BCUT2D eigenvalue weighted by molar-refractivity contribution is -0.136. The maximum Gasteiger partial charge on any atom is 0.420 e. The van der Waals surface area contributed by atoms with E-state index in [9.17, 15) is 17.6 Å². The number of nitrogens with one attached hydrogen (secondary N) is 1. The van der Waals surface area contributed by atoms with Gasteiger partial charge in [-0.15, -0.1) is 10.2 Å². The summed E-state index contributed by atoms with van der Waals surface area (Å²) in [7, 11) is 1.74. The van der Waals surface area contributed by atoms with Crippen LogP contribution in [0.2, 0.25) is 0 Å². The molecule has 0 aliphatic rings. The second kappa shape index (κ2) is 8.49. The highest BCUT2D eigenvalue weighted by Gasteiger charge is 2.34. The number of oxazole rings is 1. The van der Waals surface area contributed by atoms with Crippen LogP contribution in [0.4, 0.5) is 23.4 Å². The molecule has 0 fully saturated rings. The predicted octanol–water partition coefficient (Wildman–Crippen LogP) is 5.94. The molecular formula is C24H18F4N6O. The number of hydrogen-bond donors (Lipinski definition) is 1. The molecule has 7 nitrogen and oxygen atoms in total. The Labute approximate surface area is 196 Å². The van der Waals surface area contributed by atoms with Gasteiger partial charge in [-0.2, -0.15) is 13.2 Å². The third-order valence-corrected chi connectivity index (χ3v) is 5.37. The summed E-state index contributed by atoms with van der Waals surface area (Å²) in [5.41, 5.74) is 0.722. The van der Waals surface area contributed by atoms with Crippen LogP contribution >= 0.6 is 0 Å². The molecule has 3 aromatic heterocycles. The number of aromatic nitrogens is 5. The van der Waals surface area contributed by atoms with Gasteiger partial charge >= 0.3 is 6.18 Å². The molecule has 0 unspecified atom stereocenters. The number of anilines is 1. The monoisotopic (exact) mass is 482 g/mol. The van der Waals surface area contributed by atoms with E-state index < -0.39 is 17.6 Å². The van der Waals surface area contributed by atoms with E-state index in [-0.39, 0.29) is 22.7 Å². The van der Waals surface area contributed by atoms with Crippen molar-refractivity contribution in [1.82, 2.24) is 24.7 Å². The van der Waals surface area contributed by atoms with E-state index in [2.05, 4.69) is 25.5 Å². The fourth-order valence-corrected chi connectivity index (χ4v) is 3.83. The van der Waals surface area contributed by atoms with Crippen molar-refractivity contribution in [3.63, 3.8) is 0 Å². The van der Waals surface area contributed by atoms with Crippen molar-refractivity contribution >= 4 is 16.9 Å². The van der Waals surface area contributed by atoms with Crippen LogP contribution in [0.1, 0.15) is 12.5 Å². The van der Waals surface area contributed by atoms with Gasteiger partial charge in [-0.05, 0) is 54.4 Å². The Morgan fingerprint density at radius 2 is 1.86 bits per heavy atom. The third kappa shape index (κ3) is 4.20. The van der Waals surface area contributed by atoms with Crippen LogP contribution in [-0.2, 0) is 13.2 Å². The number of fused-ring (bicyclic) bond motifs is 1. The van der Waals surface area contributed by atoms with Crippen LogP contribution in [0, 0.1) is 5.82 Å². The molecule has 5 aromatic rings. The molecule has 0 radical (unpaired) electrons. The predicted molar refractivity (Wildman–Crippen MR) is 122 cm³/mol. The molecule has 0 aliphatic heterocycles. The average molecular weight is 482 g/mol. The van der Waals surface area contributed by atoms with Gasteiger partial charge in [0.2, 0.25) is 5.89 Å². The maximum atomic E-state index is 14.2. The van der Waals surface area contributed by atoms with E-state index in [0.29, 0.717) is 34.9 Å². The molecular weight excluding hydrogens is 464 g/mol. The quantitative estimate of drug-likeness (QED) is 0.312. The Kier molecular flexibility index (Phi) is 5.46. The third-order valence-electron chi connectivity index (χ3n) is 5.37. The lowest BCUT2D eigenvalue weighted by Crippen LogP contribution is -2.04. The highest BCUT2D eigenvalue weighted by Crippen LogP contribution is 2.38. The molecule has 0 aliphatic carbocycles. The second-order valence-electron chi connectivity index (χ2n) is 7.78. The largest absolute Gasteiger partial charge is 0.434 e. The normalized spacial score (nSPS) is 11.8. The summed E-state index contributed by atoms with van der Waals surface area (Å²) >= 11 is 0. The zero-order chi connectivity index (χ0) is 24.7. The topological polar surface area (TPSA) is 81.7 Å². The molecule has 0 spiro atoms. The number of benzene rings is 2. The van der Waals surface area contributed by atoms with Gasteiger partial charge in [0.1, 0.15) is 34.7 Å². The first-order valence-electron chi connectivity index (χ1n) is 10.6. The van der Waals surface area contributed by atoms with Crippen LogP contribution in [0.5, 0.6) is 0 Å². The minimum atomic E-state index is -4.60. The van der Waals surface area contributed by atoms with Crippen molar-refractivity contribution in [2.24, 2.45) is 7.05 Å². The molecule has 0 atom stereocenters. The summed E-state index contributed by atoms with van der Waals surface area (Å²) in [4.78, 5) is 8.73. The second-order valence-corrected chi connectivity index (χ2v) is 7.78. The molecule has 178 valence electrons. The van der Waals surface area contributed by atoms with Gasteiger partial charge in [-0.1, -0.05) is 12.1 Å². The minimum absolute atomic E-state index is 0.0635. The highest BCUT2D eigenvalue weighted by atomic mass is 19.4. The van der Waals surface area contributed by atoms with Crippen molar-refractivity contribution in [2.45, 2.75) is 13.1 Å². The van der Waals surface area contributed by atoms with E-state index in [1.807, 2.05) is 6.92 Å². The molecule has 0 amide bonds. The Morgan fingerprint density at radius 3 is 2.57 bits per heavy atom. The van der Waals surface area contributed by atoms with Crippen molar-refractivity contribution in [2.75, 3.05) is 11.9 Å². The number of alkyl halides is 3. The number of hydrogen-bond acceptors (Lipinski definition) is 6. The number of rotatable bonds is 5. The molecule has 1 N–H and O–H groups in total.